The van der Waals surface area contributed by atoms with Crippen molar-refractivity contribution in [3.05, 3.63) is 53.6 Å². The number of hydrogen-bond acceptors (Lipinski definition) is 5. The van der Waals surface area contributed by atoms with Crippen LogP contribution in [0, 0.1) is 12.8 Å². The molecule has 3 aromatic rings. The lowest BCUT2D eigenvalue weighted by molar-refractivity contribution is 0.0790. The fourth-order valence-corrected chi connectivity index (χ4v) is 4.38. The predicted octanol–water partition coefficient (Wildman–Crippen LogP) is 4.75. The molecule has 0 radical (unpaired) electrons. The normalized spacial score (nSPS) is 14.2. The average molecular weight is 447 g/mol. The Balaban J connectivity index is 1.74. The van der Waals surface area contributed by atoms with Gasteiger partial charge in [0.05, 0.1) is 24.4 Å². The van der Waals surface area contributed by atoms with Gasteiger partial charge >= 0.3 is 0 Å². The van der Waals surface area contributed by atoms with Crippen LogP contribution in [0.3, 0.4) is 0 Å². The molecular formula is C27H34N4O2. The van der Waals surface area contributed by atoms with Crippen molar-refractivity contribution in [1.29, 1.82) is 0 Å². The summed E-state index contributed by atoms with van der Waals surface area (Å²) in [5.74, 6) is 1.15. The first-order chi connectivity index (χ1) is 15.8. The quantitative estimate of drug-likeness (QED) is 0.592. The molecule has 1 saturated heterocycles. The lowest BCUT2D eigenvalue weighted by Crippen LogP contribution is -2.36. The average Bonchev–Trinajstić information content (AvgIpc) is 2.81. The van der Waals surface area contributed by atoms with Gasteiger partial charge < -0.3 is 20.3 Å². The molecule has 4 rings (SSSR count). The summed E-state index contributed by atoms with van der Waals surface area (Å²) in [7, 11) is 1.89. The van der Waals surface area contributed by atoms with Crippen LogP contribution in [0.25, 0.3) is 22.0 Å². The Kier molecular flexibility index (Phi) is 6.84. The lowest BCUT2D eigenvalue weighted by Gasteiger charge is -2.29. The summed E-state index contributed by atoms with van der Waals surface area (Å²) < 4.78 is 5.49. The van der Waals surface area contributed by atoms with E-state index in [-0.39, 0.29) is 5.91 Å². The van der Waals surface area contributed by atoms with Gasteiger partial charge in [0.15, 0.2) is 0 Å². The number of morpholine rings is 1. The minimum atomic E-state index is 0.0545. The number of carbonyl (C=O) groups excluding carboxylic acids is 1. The van der Waals surface area contributed by atoms with Crippen molar-refractivity contribution >= 4 is 28.3 Å². The van der Waals surface area contributed by atoms with Crippen molar-refractivity contribution in [2.75, 3.05) is 50.5 Å². The standard InChI is InChI=1S/C27H34N4O2/c1-18(2)10-11-30(4)27(32)22-7-5-6-19(3)25(22)20-8-9-23-21(16-20)17-24(26(28)29-23)31-12-14-33-15-13-31/h5-9,16-18H,10-15H2,1-4H3,(H2,28,29). The third kappa shape index (κ3) is 4.96. The van der Waals surface area contributed by atoms with Crippen LogP contribution >= 0.6 is 0 Å². The summed E-state index contributed by atoms with van der Waals surface area (Å²) in [6.07, 6.45) is 0.983. The SMILES string of the molecule is Cc1cccc(C(=O)N(C)CCC(C)C)c1-c1ccc2nc(N)c(N3CCOCC3)cc2c1. The minimum Gasteiger partial charge on any atom is -0.382 e. The third-order valence-corrected chi connectivity index (χ3v) is 6.36. The zero-order valence-electron chi connectivity index (χ0n) is 20.1. The van der Waals surface area contributed by atoms with Gasteiger partial charge in [-0.05, 0) is 60.2 Å². The maximum Gasteiger partial charge on any atom is 0.254 e. The number of amides is 1. The number of hydrogen-bond donors (Lipinski definition) is 1. The van der Waals surface area contributed by atoms with E-state index in [0.29, 0.717) is 24.9 Å². The molecule has 174 valence electrons. The third-order valence-electron chi connectivity index (χ3n) is 6.36. The summed E-state index contributed by atoms with van der Waals surface area (Å²) >= 11 is 0. The Morgan fingerprint density at radius 1 is 1.18 bits per heavy atom. The molecule has 1 aliphatic heterocycles. The Morgan fingerprint density at radius 3 is 2.67 bits per heavy atom. The first-order valence-electron chi connectivity index (χ1n) is 11.7. The highest BCUT2D eigenvalue weighted by atomic mass is 16.5. The van der Waals surface area contributed by atoms with E-state index in [1.54, 1.807) is 0 Å². The van der Waals surface area contributed by atoms with Gasteiger partial charge in [-0.25, -0.2) is 4.98 Å². The molecule has 1 aromatic heterocycles. The molecule has 0 atom stereocenters. The van der Waals surface area contributed by atoms with Crippen LogP contribution in [0.1, 0.15) is 36.2 Å². The van der Waals surface area contributed by atoms with Gasteiger partial charge in [-0.1, -0.05) is 32.0 Å². The number of nitrogens with zero attached hydrogens (tertiary/aromatic N) is 3. The Hall–Kier alpha value is -3.12. The zero-order chi connectivity index (χ0) is 23.5. The molecule has 1 amide bonds. The largest absolute Gasteiger partial charge is 0.382 e. The van der Waals surface area contributed by atoms with Gasteiger partial charge in [-0.2, -0.15) is 0 Å². The van der Waals surface area contributed by atoms with Crippen LogP contribution in [0.4, 0.5) is 11.5 Å². The van der Waals surface area contributed by atoms with Crippen LogP contribution in [0.15, 0.2) is 42.5 Å². The van der Waals surface area contributed by atoms with E-state index in [1.807, 2.05) is 36.2 Å². The van der Waals surface area contributed by atoms with Crippen LogP contribution in [0.5, 0.6) is 0 Å². The number of anilines is 2. The fraction of sp³-hybridized carbons (Fsp3) is 0.407. The molecule has 1 fully saturated rings. The molecule has 6 heteroatoms. The number of rotatable bonds is 6. The topological polar surface area (TPSA) is 71.7 Å². The molecule has 2 aromatic carbocycles. The van der Waals surface area contributed by atoms with Crippen molar-refractivity contribution in [2.24, 2.45) is 5.92 Å². The van der Waals surface area contributed by atoms with Crippen LogP contribution in [-0.4, -0.2) is 55.7 Å². The molecular weight excluding hydrogens is 412 g/mol. The number of aryl methyl sites for hydroxylation is 1. The molecule has 0 bridgehead atoms. The molecule has 0 aliphatic carbocycles. The number of aromatic nitrogens is 1. The Bertz CT molecular complexity index is 1150. The highest BCUT2D eigenvalue weighted by Gasteiger charge is 2.20. The number of fused-ring (bicyclic) bond motifs is 1. The van der Waals surface area contributed by atoms with Crippen LogP contribution in [-0.2, 0) is 4.74 Å². The molecule has 6 nitrogen and oxygen atoms in total. The van der Waals surface area contributed by atoms with Crippen molar-refractivity contribution < 1.29 is 9.53 Å². The predicted molar refractivity (Wildman–Crippen MR) is 136 cm³/mol. The summed E-state index contributed by atoms with van der Waals surface area (Å²) in [6.45, 7) is 10.1. The molecule has 0 spiro atoms. The summed E-state index contributed by atoms with van der Waals surface area (Å²) in [5, 5.41) is 1.01. The highest BCUT2D eigenvalue weighted by Crippen LogP contribution is 2.33. The number of benzene rings is 2. The Morgan fingerprint density at radius 2 is 1.94 bits per heavy atom. The van der Waals surface area contributed by atoms with Gasteiger partial charge in [0.25, 0.3) is 5.91 Å². The van der Waals surface area contributed by atoms with Gasteiger partial charge in [0.2, 0.25) is 0 Å². The second-order valence-electron chi connectivity index (χ2n) is 9.31. The van der Waals surface area contributed by atoms with E-state index in [1.165, 1.54) is 0 Å². The van der Waals surface area contributed by atoms with Crippen molar-refractivity contribution in [3.8, 4) is 11.1 Å². The minimum absolute atomic E-state index is 0.0545. The molecule has 2 heterocycles. The van der Waals surface area contributed by atoms with Gasteiger partial charge in [0, 0.05) is 37.6 Å². The molecule has 33 heavy (non-hydrogen) atoms. The van der Waals surface area contributed by atoms with Crippen molar-refractivity contribution in [3.63, 3.8) is 0 Å². The van der Waals surface area contributed by atoms with E-state index >= 15 is 0 Å². The van der Waals surface area contributed by atoms with Gasteiger partial charge in [-0.3, -0.25) is 4.79 Å². The summed E-state index contributed by atoms with van der Waals surface area (Å²) in [6, 6.07) is 14.2. The number of carbonyl (C=O) groups is 1. The summed E-state index contributed by atoms with van der Waals surface area (Å²) in [5.41, 5.74) is 11.9. The first kappa shape index (κ1) is 23.1. The zero-order valence-corrected chi connectivity index (χ0v) is 20.1. The summed E-state index contributed by atoms with van der Waals surface area (Å²) in [4.78, 5) is 22.1. The smallest absolute Gasteiger partial charge is 0.254 e. The number of nitrogens with two attached hydrogens (primary N) is 1. The second kappa shape index (κ2) is 9.79. The monoisotopic (exact) mass is 446 g/mol. The molecule has 0 saturated carbocycles. The molecule has 1 aliphatic rings. The van der Waals surface area contributed by atoms with Crippen LogP contribution in [0.2, 0.25) is 0 Å². The maximum atomic E-state index is 13.4. The van der Waals surface area contributed by atoms with E-state index in [2.05, 4.69) is 48.9 Å². The first-order valence-corrected chi connectivity index (χ1v) is 11.7. The molecule has 2 N–H and O–H groups in total. The van der Waals surface area contributed by atoms with E-state index in [9.17, 15) is 4.79 Å². The maximum absolute atomic E-state index is 13.4. The van der Waals surface area contributed by atoms with E-state index in [0.717, 1.165) is 64.9 Å². The van der Waals surface area contributed by atoms with Crippen molar-refractivity contribution in [2.45, 2.75) is 27.2 Å². The van der Waals surface area contributed by atoms with Gasteiger partial charge in [0.1, 0.15) is 5.82 Å². The Labute approximate surface area is 196 Å². The van der Waals surface area contributed by atoms with Crippen molar-refractivity contribution in [1.82, 2.24) is 9.88 Å². The fourth-order valence-electron chi connectivity index (χ4n) is 4.38. The van der Waals surface area contributed by atoms with E-state index in [4.69, 9.17) is 10.5 Å². The second-order valence-corrected chi connectivity index (χ2v) is 9.31. The van der Waals surface area contributed by atoms with Gasteiger partial charge in [-0.15, -0.1) is 0 Å². The number of nitrogen functional groups attached to an aromatic ring is 1. The number of ether oxygens (including phenoxy) is 1. The lowest BCUT2D eigenvalue weighted by atomic mass is 9.93. The van der Waals surface area contributed by atoms with E-state index < -0.39 is 0 Å². The van der Waals surface area contributed by atoms with Crippen LogP contribution < -0.4 is 10.6 Å². The number of pyridine rings is 1. The highest BCUT2D eigenvalue weighted by molar-refractivity contribution is 6.02. The molecule has 0 unspecified atom stereocenters.